The predicted molar refractivity (Wildman–Crippen MR) is 144 cm³/mol. The van der Waals surface area contributed by atoms with Crippen LogP contribution in [-0.4, -0.2) is 45.0 Å². The van der Waals surface area contributed by atoms with Gasteiger partial charge in [-0.2, -0.15) is 8.78 Å². The van der Waals surface area contributed by atoms with E-state index in [1.165, 1.54) is 24.4 Å². The van der Waals surface area contributed by atoms with Gasteiger partial charge in [-0.3, -0.25) is 24.0 Å². The van der Waals surface area contributed by atoms with Gasteiger partial charge in [0, 0.05) is 19.3 Å². The molecule has 0 spiro atoms. The number of benzene rings is 1. The molecule has 8 nitrogen and oxygen atoms in total. The van der Waals surface area contributed by atoms with Crippen molar-refractivity contribution in [2.24, 2.45) is 0 Å². The number of alkyl halides is 2. The van der Waals surface area contributed by atoms with Crippen LogP contribution in [0.1, 0.15) is 43.5 Å². The van der Waals surface area contributed by atoms with E-state index >= 15 is 0 Å². The summed E-state index contributed by atoms with van der Waals surface area (Å²) in [7, 11) is 0. The van der Waals surface area contributed by atoms with E-state index in [2.05, 4.69) is 39.3 Å². The van der Waals surface area contributed by atoms with Crippen LogP contribution < -0.4 is 16.2 Å². The molecule has 0 bridgehead atoms. The molecule has 204 valence electrons. The van der Waals surface area contributed by atoms with Crippen LogP contribution >= 0.6 is 11.6 Å². The molecule has 0 saturated heterocycles. The summed E-state index contributed by atoms with van der Waals surface area (Å²) in [5.74, 6) is -4.12. The Kier molecular flexibility index (Phi) is 10.7. The lowest BCUT2D eigenvalue weighted by Gasteiger charge is -2.22. The number of amides is 1. The number of anilines is 1. The largest absolute Gasteiger partial charge is 0.359 e. The zero-order valence-corrected chi connectivity index (χ0v) is 22.3. The van der Waals surface area contributed by atoms with Crippen molar-refractivity contribution in [3.8, 4) is 0 Å². The number of aromatic nitrogens is 3. The van der Waals surface area contributed by atoms with Crippen LogP contribution in [0.3, 0.4) is 0 Å². The summed E-state index contributed by atoms with van der Waals surface area (Å²) in [6.07, 6.45) is 4.51. The van der Waals surface area contributed by atoms with Crippen LogP contribution in [0.15, 0.2) is 59.7 Å². The highest BCUT2D eigenvalue weighted by molar-refractivity contribution is 6.29. The number of rotatable bonds is 14. The van der Waals surface area contributed by atoms with E-state index < -0.39 is 29.6 Å². The number of nitrogens with one attached hydrogen (secondary N) is 2. The molecule has 1 amide bonds. The van der Waals surface area contributed by atoms with E-state index in [0.717, 1.165) is 54.4 Å². The van der Waals surface area contributed by atoms with Crippen LogP contribution in [0.4, 0.5) is 14.6 Å². The Bertz CT molecular complexity index is 1250. The van der Waals surface area contributed by atoms with Gasteiger partial charge >= 0.3 is 5.92 Å². The zero-order valence-electron chi connectivity index (χ0n) is 21.6. The fourth-order valence-electron chi connectivity index (χ4n) is 4.02. The maximum absolute atomic E-state index is 14.5. The molecule has 0 aliphatic rings. The Morgan fingerprint density at radius 1 is 1.05 bits per heavy atom. The highest BCUT2D eigenvalue weighted by Crippen LogP contribution is 2.25. The quantitative estimate of drug-likeness (QED) is 0.311. The van der Waals surface area contributed by atoms with Gasteiger partial charge in [0.05, 0.1) is 12.7 Å². The summed E-state index contributed by atoms with van der Waals surface area (Å²) < 4.78 is 29.9. The first-order valence-electron chi connectivity index (χ1n) is 12.6. The lowest BCUT2D eigenvalue weighted by molar-refractivity contribution is -0.121. The summed E-state index contributed by atoms with van der Waals surface area (Å²) >= 11 is 6.12. The van der Waals surface area contributed by atoms with Gasteiger partial charge in [0.1, 0.15) is 17.4 Å². The minimum absolute atomic E-state index is 0.0811. The van der Waals surface area contributed by atoms with Crippen LogP contribution in [0, 0.1) is 0 Å². The monoisotopic (exact) mass is 546 g/mol. The molecular formula is C27H33ClF2N6O2. The van der Waals surface area contributed by atoms with Crippen molar-refractivity contribution in [3.63, 3.8) is 0 Å². The first-order valence-corrected chi connectivity index (χ1v) is 13.0. The number of hydrogen-bond donors (Lipinski definition) is 2. The van der Waals surface area contributed by atoms with Crippen molar-refractivity contribution in [2.45, 2.75) is 52.2 Å². The Morgan fingerprint density at radius 2 is 1.74 bits per heavy atom. The number of carbonyl (C=O) groups is 1. The molecule has 0 radical (unpaired) electrons. The maximum atomic E-state index is 14.5. The van der Waals surface area contributed by atoms with Crippen LogP contribution in [0.25, 0.3) is 0 Å². The number of carbonyl (C=O) groups excluding carboxylic acids is 1. The number of nitrogens with zero attached hydrogens (tertiary/aromatic N) is 4. The molecule has 0 atom stereocenters. The topological polar surface area (TPSA) is 92.2 Å². The van der Waals surface area contributed by atoms with Gasteiger partial charge in [-0.05, 0) is 49.2 Å². The third kappa shape index (κ3) is 8.06. The van der Waals surface area contributed by atoms with Crippen molar-refractivity contribution in [3.05, 3.63) is 87.2 Å². The van der Waals surface area contributed by atoms with Crippen molar-refractivity contribution in [2.75, 3.05) is 25.0 Å². The molecule has 11 heteroatoms. The summed E-state index contributed by atoms with van der Waals surface area (Å²) in [6, 6.07) is 12.1. The molecule has 38 heavy (non-hydrogen) atoms. The Hall–Kier alpha value is -3.37. The van der Waals surface area contributed by atoms with E-state index in [1.54, 1.807) is 0 Å². The predicted octanol–water partition coefficient (Wildman–Crippen LogP) is 4.43. The second-order valence-corrected chi connectivity index (χ2v) is 9.30. The molecule has 0 unspecified atom stereocenters. The first kappa shape index (κ1) is 29.2. The molecule has 3 rings (SSSR count). The van der Waals surface area contributed by atoms with Crippen LogP contribution in [0.5, 0.6) is 0 Å². The van der Waals surface area contributed by atoms with Crippen molar-refractivity contribution in [1.29, 1.82) is 0 Å². The van der Waals surface area contributed by atoms with Gasteiger partial charge in [-0.25, -0.2) is 4.98 Å². The second-order valence-electron chi connectivity index (χ2n) is 8.92. The van der Waals surface area contributed by atoms with E-state index in [9.17, 15) is 18.4 Å². The van der Waals surface area contributed by atoms with E-state index in [1.807, 2.05) is 24.3 Å². The minimum atomic E-state index is -3.34. The van der Waals surface area contributed by atoms with Crippen molar-refractivity contribution >= 4 is 23.3 Å². The number of hydrogen-bond acceptors (Lipinski definition) is 6. The van der Waals surface area contributed by atoms with Gasteiger partial charge in [-0.15, -0.1) is 0 Å². The van der Waals surface area contributed by atoms with Crippen molar-refractivity contribution < 1.29 is 13.6 Å². The average molecular weight is 547 g/mol. The summed E-state index contributed by atoms with van der Waals surface area (Å²) in [4.78, 5) is 35.5. The minimum Gasteiger partial charge on any atom is -0.359 e. The lowest BCUT2D eigenvalue weighted by Crippen LogP contribution is -2.35. The van der Waals surface area contributed by atoms with Gasteiger partial charge in [-0.1, -0.05) is 55.8 Å². The molecule has 3 aromatic rings. The van der Waals surface area contributed by atoms with Gasteiger partial charge in [0.15, 0.2) is 5.82 Å². The molecule has 2 N–H and O–H groups in total. The summed E-state index contributed by atoms with van der Waals surface area (Å²) in [5.41, 5.74) is 0.882. The molecule has 0 fully saturated rings. The normalized spacial score (nSPS) is 11.5. The average Bonchev–Trinajstić information content (AvgIpc) is 2.91. The summed E-state index contributed by atoms with van der Waals surface area (Å²) in [5, 5.41) is 5.12. The summed E-state index contributed by atoms with van der Waals surface area (Å²) in [6.45, 7) is 6.04. The lowest BCUT2D eigenvalue weighted by atomic mass is 10.1. The molecular weight excluding hydrogens is 514 g/mol. The fourth-order valence-corrected chi connectivity index (χ4v) is 4.21. The van der Waals surface area contributed by atoms with Gasteiger partial charge in [0.25, 0.3) is 5.56 Å². The van der Waals surface area contributed by atoms with E-state index in [0.29, 0.717) is 0 Å². The molecule has 0 aliphatic carbocycles. The van der Waals surface area contributed by atoms with E-state index in [-0.39, 0.29) is 24.1 Å². The first-order chi connectivity index (χ1) is 18.2. The maximum Gasteiger partial charge on any atom is 0.306 e. The molecule has 2 aromatic heterocycles. The third-order valence-corrected chi connectivity index (χ3v) is 6.19. The number of halogens is 3. The Balaban J connectivity index is 1.65. The second kappa shape index (κ2) is 14.0. The zero-order chi connectivity index (χ0) is 27.5. The molecule has 0 aliphatic heterocycles. The van der Waals surface area contributed by atoms with Crippen molar-refractivity contribution in [1.82, 2.24) is 24.8 Å². The third-order valence-electron chi connectivity index (χ3n) is 5.89. The highest BCUT2D eigenvalue weighted by atomic mass is 35.5. The molecule has 1 aromatic carbocycles. The molecule has 0 saturated carbocycles. The highest BCUT2D eigenvalue weighted by Gasteiger charge is 2.33. The fraction of sp³-hybridized carbons (Fsp3) is 0.407. The van der Waals surface area contributed by atoms with Gasteiger partial charge < -0.3 is 10.6 Å². The van der Waals surface area contributed by atoms with E-state index in [4.69, 9.17) is 11.6 Å². The number of pyridine rings is 1. The standard InChI is InChI=1S/C27H33ClF2N6O2/c1-3-13-35(14-4-2)17-21-10-6-5-9-20(21)15-32-24(37)18-36-23(28)16-33-25(26(36)38)34-19-27(29,30)22-11-7-8-12-31-22/h5-12,16H,3-4,13-15,17-19H2,1-2H3,(H,32,37)(H,33,34). The van der Waals surface area contributed by atoms with Gasteiger partial charge in [0.2, 0.25) is 5.91 Å². The Labute approximate surface area is 226 Å². The SMILES string of the molecule is CCCN(CCC)Cc1ccccc1CNC(=O)Cn1c(Cl)cnc(NCC(F)(F)c2ccccn2)c1=O. The van der Waals surface area contributed by atoms with Crippen LogP contribution in [0.2, 0.25) is 5.15 Å². The Morgan fingerprint density at radius 3 is 2.39 bits per heavy atom. The molecule has 2 heterocycles. The smallest absolute Gasteiger partial charge is 0.306 e. The van der Waals surface area contributed by atoms with Crippen LogP contribution in [-0.2, 0) is 30.4 Å².